The van der Waals surface area contributed by atoms with Gasteiger partial charge in [-0.05, 0) is 48.5 Å². The zero-order valence-corrected chi connectivity index (χ0v) is 17.5. The van der Waals surface area contributed by atoms with Crippen molar-refractivity contribution in [3.8, 4) is 11.5 Å². The highest BCUT2D eigenvalue weighted by atomic mass is 35.5. The first-order valence-corrected chi connectivity index (χ1v) is 10.4. The van der Waals surface area contributed by atoms with Crippen LogP contribution in [0.15, 0.2) is 60.9 Å². The van der Waals surface area contributed by atoms with Crippen LogP contribution in [0.3, 0.4) is 0 Å². The molecular formula is C19H11Cl2F3N2O4S. The van der Waals surface area contributed by atoms with Crippen LogP contribution >= 0.6 is 23.2 Å². The molecule has 1 N–H and O–H groups in total. The molecule has 0 aliphatic rings. The Morgan fingerprint density at radius 2 is 1.35 bits per heavy atom. The van der Waals surface area contributed by atoms with E-state index in [0.29, 0.717) is 15.9 Å². The average Bonchev–Trinajstić information content (AvgIpc) is 2.73. The van der Waals surface area contributed by atoms with E-state index in [9.17, 15) is 26.7 Å². The van der Waals surface area contributed by atoms with Crippen molar-refractivity contribution in [2.75, 3.05) is 0 Å². The first-order chi connectivity index (χ1) is 14.5. The summed E-state index contributed by atoms with van der Waals surface area (Å²) in [5.41, 5.74) is -5.03. The molecule has 0 unspecified atom stereocenters. The Morgan fingerprint density at radius 1 is 0.839 bits per heavy atom. The molecule has 4 rings (SSSR count). The minimum absolute atomic E-state index is 0.0668. The quantitative estimate of drug-likeness (QED) is 0.286. The molecule has 2 aromatic carbocycles. The summed E-state index contributed by atoms with van der Waals surface area (Å²) in [7, 11) is -5.74. The Labute approximate surface area is 184 Å². The molecular weight excluding hydrogens is 480 g/mol. The van der Waals surface area contributed by atoms with Gasteiger partial charge in [0, 0.05) is 23.2 Å². The Bertz CT molecular complexity index is 1330. The Morgan fingerprint density at radius 3 is 1.90 bits per heavy atom. The lowest BCUT2D eigenvalue weighted by molar-refractivity contribution is -0.0499. The van der Waals surface area contributed by atoms with Crippen LogP contribution in [0, 0.1) is 0 Å². The zero-order chi connectivity index (χ0) is 22.8. The third kappa shape index (κ3) is 4.92. The van der Waals surface area contributed by atoms with Gasteiger partial charge in [0.25, 0.3) is 0 Å². The third-order valence-corrected chi connectivity index (χ3v) is 5.48. The van der Waals surface area contributed by atoms with Crippen molar-refractivity contribution in [1.82, 2.24) is 9.97 Å². The van der Waals surface area contributed by atoms with Gasteiger partial charge in [-0.25, -0.2) is 0 Å². The molecule has 0 spiro atoms. The minimum Gasteiger partial charge on any atom is -0.506 e. The van der Waals surface area contributed by atoms with E-state index < -0.39 is 21.4 Å². The van der Waals surface area contributed by atoms with Gasteiger partial charge in [-0.3, -0.25) is 9.97 Å². The SMILES string of the molecule is O=S(=O)(Oc1ccc(Cl)c2cccnc12)C(F)(F)F.Oc1ccc(Cl)c2cccnc12. The van der Waals surface area contributed by atoms with Crippen molar-refractivity contribution < 1.29 is 30.9 Å². The molecule has 2 aromatic heterocycles. The highest BCUT2D eigenvalue weighted by Gasteiger charge is 2.48. The number of benzene rings is 2. The van der Waals surface area contributed by atoms with Gasteiger partial charge in [0.05, 0.1) is 10.0 Å². The topological polar surface area (TPSA) is 89.4 Å². The number of halogens is 5. The van der Waals surface area contributed by atoms with Gasteiger partial charge in [-0.15, -0.1) is 0 Å². The molecule has 31 heavy (non-hydrogen) atoms. The van der Waals surface area contributed by atoms with E-state index >= 15 is 0 Å². The molecule has 0 saturated carbocycles. The van der Waals surface area contributed by atoms with Gasteiger partial charge in [-0.1, -0.05) is 23.2 Å². The molecule has 12 heteroatoms. The first-order valence-electron chi connectivity index (χ1n) is 8.27. The fraction of sp³-hybridized carbons (Fsp3) is 0.0526. The van der Waals surface area contributed by atoms with Crippen LogP contribution in [0.4, 0.5) is 13.2 Å². The Balaban J connectivity index is 0.000000194. The molecule has 162 valence electrons. The maximum Gasteiger partial charge on any atom is 0.534 e. The fourth-order valence-corrected chi connectivity index (χ4v) is 3.36. The molecule has 2 heterocycles. The Hall–Kier alpha value is -2.82. The minimum atomic E-state index is -5.74. The summed E-state index contributed by atoms with van der Waals surface area (Å²) in [4.78, 5) is 7.77. The molecule has 0 fully saturated rings. The van der Waals surface area contributed by atoms with Crippen molar-refractivity contribution in [2.24, 2.45) is 0 Å². The highest BCUT2D eigenvalue weighted by Crippen LogP contribution is 2.33. The first kappa shape index (κ1) is 22.9. The van der Waals surface area contributed by atoms with Gasteiger partial charge in [0.15, 0.2) is 5.75 Å². The van der Waals surface area contributed by atoms with Crippen LogP contribution in [0.2, 0.25) is 10.0 Å². The zero-order valence-electron chi connectivity index (χ0n) is 15.1. The van der Waals surface area contributed by atoms with Crippen LogP contribution in [0.1, 0.15) is 0 Å². The average molecular weight is 491 g/mol. The van der Waals surface area contributed by atoms with Crippen molar-refractivity contribution >= 4 is 55.1 Å². The summed E-state index contributed by atoms with van der Waals surface area (Å²) in [6, 6.07) is 12.0. The van der Waals surface area contributed by atoms with Crippen LogP contribution < -0.4 is 4.18 Å². The van der Waals surface area contributed by atoms with E-state index in [4.69, 9.17) is 23.2 Å². The predicted molar refractivity (Wildman–Crippen MR) is 111 cm³/mol. The number of phenols is 1. The lowest BCUT2D eigenvalue weighted by atomic mass is 10.2. The number of hydrogen-bond donors (Lipinski definition) is 1. The summed E-state index contributed by atoms with van der Waals surface area (Å²) >= 11 is 11.7. The third-order valence-electron chi connectivity index (χ3n) is 3.86. The lowest BCUT2D eigenvalue weighted by Gasteiger charge is -2.11. The summed E-state index contributed by atoms with van der Waals surface area (Å²) in [5, 5.41) is 11.3. The van der Waals surface area contributed by atoms with E-state index in [-0.39, 0.29) is 16.3 Å². The monoisotopic (exact) mass is 490 g/mol. The molecule has 0 aliphatic heterocycles. The molecule has 4 aromatic rings. The van der Waals surface area contributed by atoms with Crippen molar-refractivity contribution in [3.63, 3.8) is 0 Å². The number of aromatic nitrogens is 2. The van der Waals surface area contributed by atoms with Crippen LogP contribution in [-0.4, -0.2) is 29.0 Å². The number of nitrogens with zero attached hydrogens (tertiary/aromatic N) is 2. The molecule has 0 aliphatic carbocycles. The number of fused-ring (bicyclic) bond motifs is 2. The number of rotatable bonds is 2. The van der Waals surface area contributed by atoms with Crippen molar-refractivity contribution in [2.45, 2.75) is 5.51 Å². The standard InChI is InChI=1S/C10H5ClF3NO3S.C9H6ClNO/c11-7-3-4-8(9-6(7)2-1-5-15-9)18-19(16,17)10(12,13)14;10-7-3-4-8(12)9-6(7)2-1-5-11-9/h1-5H;1-5,12H. The number of alkyl halides is 3. The van der Waals surface area contributed by atoms with Crippen LogP contribution in [0.25, 0.3) is 21.8 Å². The second-order valence-corrected chi connectivity index (χ2v) is 8.25. The normalized spacial score (nSPS) is 11.8. The van der Waals surface area contributed by atoms with E-state index in [1.54, 1.807) is 18.3 Å². The molecule has 6 nitrogen and oxygen atoms in total. The maximum atomic E-state index is 12.2. The number of hydrogen-bond acceptors (Lipinski definition) is 6. The van der Waals surface area contributed by atoms with Crippen molar-refractivity contribution in [3.05, 3.63) is 71.0 Å². The molecule has 0 bridgehead atoms. The maximum absolute atomic E-state index is 12.2. The molecule has 0 radical (unpaired) electrons. The van der Waals surface area contributed by atoms with Gasteiger partial charge < -0.3 is 9.29 Å². The van der Waals surface area contributed by atoms with Gasteiger partial charge in [-0.2, -0.15) is 21.6 Å². The van der Waals surface area contributed by atoms with E-state index in [1.807, 2.05) is 6.07 Å². The largest absolute Gasteiger partial charge is 0.534 e. The number of pyridine rings is 2. The lowest BCUT2D eigenvalue weighted by Crippen LogP contribution is -2.28. The molecule has 0 amide bonds. The fourth-order valence-electron chi connectivity index (χ4n) is 2.47. The summed E-state index contributed by atoms with van der Waals surface area (Å²) < 4.78 is 62.7. The highest BCUT2D eigenvalue weighted by molar-refractivity contribution is 7.88. The van der Waals surface area contributed by atoms with E-state index in [1.165, 1.54) is 30.5 Å². The molecule has 0 saturated heterocycles. The number of aromatic hydroxyl groups is 1. The predicted octanol–water partition coefficient (Wildman–Crippen LogP) is 5.71. The summed E-state index contributed by atoms with van der Waals surface area (Å²) in [6.07, 6.45) is 2.91. The van der Waals surface area contributed by atoms with Crippen LogP contribution in [-0.2, 0) is 10.1 Å². The second kappa shape index (κ2) is 8.74. The smallest absolute Gasteiger partial charge is 0.506 e. The number of phenolic OH excluding ortho intramolecular Hbond substituents is 1. The van der Waals surface area contributed by atoms with Crippen molar-refractivity contribution in [1.29, 1.82) is 0 Å². The summed E-state index contributed by atoms with van der Waals surface area (Å²) in [6.45, 7) is 0. The van der Waals surface area contributed by atoms with Gasteiger partial charge >= 0.3 is 15.6 Å². The molecule has 0 atom stereocenters. The van der Waals surface area contributed by atoms with Crippen LogP contribution in [0.5, 0.6) is 11.5 Å². The van der Waals surface area contributed by atoms with Gasteiger partial charge in [0.1, 0.15) is 16.8 Å². The van der Waals surface area contributed by atoms with E-state index in [2.05, 4.69) is 14.2 Å². The summed E-state index contributed by atoms with van der Waals surface area (Å²) in [5.74, 6) is -0.368. The second-order valence-electron chi connectivity index (χ2n) is 5.89. The van der Waals surface area contributed by atoms with E-state index in [0.717, 1.165) is 11.5 Å². The van der Waals surface area contributed by atoms with Gasteiger partial charge in [0.2, 0.25) is 0 Å². The Kier molecular flexibility index (Phi) is 6.44.